The summed E-state index contributed by atoms with van der Waals surface area (Å²) in [4.78, 5) is -0.355. The summed E-state index contributed by atoms with van der Waals surface area (Å²) in [6.45, 7) is 0. The predicted octanol–water partition coefficient (Wildman–Crippen LogP) is 3.03. The normalized spacial score (nSPS) is 11.7. The standard InChI is InChI=1S/C12H8N4O3S/c13-14-9-5-1-2-6-10(9)15-16-11-7-3-4-8-12(11)20(17,18)19/h1,3-8H,(H,17,18,19)/b16-15+. The van der Waals surface area contributed by atoms with Gasteiger partial charge in [-0.2, -0.15) is 8.42 Å². The van der Waals surface area contributed by atoms with E-state index in [0.717, 1.165) is 0 Å². The fraction of sp³-hybridized carbons (Fsp3) is 0. The van der Waals surface area contributed by atoms with Crippen LogP contribution in [0.5, 0.6) is 0 Å². The molecular weight excluding hydrogens is 280 g/mol. The molecule has 0 unspecified atom stereocenters. The highest BCUT2D eigenvalue weighted by Crippen LogP contribution is 2.30. The van der Waals surface area contributed by atoms with Gasteiger partial charge in [0.1, 0.15) is 22.0 Å². The van der Waals surface area contributed by atoms with Crippen molar-refractivity contribution in [2.75, 3.05) is 0 Å². The molecule has 0 saturated heterocycles. The molecule has 1 N–H and O–H groups in total. The van der Waals surface area contributed by atoms with Gasteiger partial charge in [0.15, 0.2) is 0 Å². The lowest BCUT2D eigenvalue weighted by Gasteiger charge is -2.00. The third kappa shape index (κ3) is 3.11. The van der Waals surface area contributed by atoms with Crippen molar-refractivity contribution in [3.63, 3.8) is 0 Å². The molecule has 0 spiro atoms. The first-order valence-electron chi connectivity index (χ1n) is 5.36. The summed E-state index contributed by atoms with van der Waals surface area (Å²) in [5, 5.41) is 10.5. The molecular formula is C12H8N4O3S. The molecule has 20 heavy (non-hydrogen) atoms. The Bertz CT molecular complexity index is 772. The Morgan fingerprint density at radius 1 is 1.05 bits per heavy atom. The molecule has 100 valence electrons. The van der Waals surface area contributed by atoms with E-state index in [1.165, 1.54) is 36.4 Å². The molecule has 0 aromatic heterocycles. The molecule has 0 heterocycles. The minimum absolute atomic E-state index is 0.0252. The van der Waals surface area contributed by atoms with Gasteiger partial charge in [-0.15, -0.1) is 15.3 Å². The lowest BCUT2D eigenvalue weighted by Crippen LogP contribution is -1.97. The van der Waals surface area contributed by atoms with E-state index >= 15 is 0 Å². The maximum absolute atomic E-state index is 11.2. The summed E-state index contributed by atoms with van der Waals surface area (Å²) in [7, 11) is -4.39. The van der Waals surface area contributed by atoms with E-state index in [-0.39, 0.29) is 22.0 Å². The van der Waals surface area contributed by atoms with E-state index in [0.29, 0.717) is 0 Å². The zero-order valence-electron chi connectivity index (χ0n) is 10.0. The van der Waals surface area contributed by atoms with Gasteiger partial charge in [-0.3, -0.25) is 4.55 Å². The molecule has 8 heteroatoms. The van der Waals surface area contributed by atoms with Gasteiger partial charge in [0.05, 0.1) is 0 Å². The smallest absolute Gasteiger partial charge is 0.282 e. The first kappa shape index (κ1) is 14.0. The summed E-state index contributed by atoms with van der Waals surface area (Å²) in [6, 6.07) is 12.7. The first-order valence-corrected chi connectivity index (χ1v) is 6.80. The molecule has 2 aromatic rings. The summed E-state index contributed by atoms with van der Waals surface area (Å²) < 4.78 is 31.4. The quantitative estimate of drug-likeness (QED) is 0.688. The molecule has 0 bridgehead atoms. The Morgan fingerprint density at radius 3 is 2.45 bits per heavy atom. The Hall–Kier alpha value is -2.45. The Balaban J connectivity index is 2.45. The van der Waals surface area contributed by atoms with Crippen LogP contribution >= 0.6 is 0 Å². The van der Waals surface area contributed by atoms with Crippen molar-refractivity contribution in [3.05, 3.63) is 48.5 Å². The van der Waals surface area contributed by atoms with Crippen LogP contribution in [0, 0.1) is 6.07 Å². The van der Waals surface area contributed by atoms with E-state index in [1.807, 2.05) is 0 Å². The minimum Gasteiger partial charge on any atom is -0.282 e. The van der Waals surface area contributed by atoms with E-state index in [1.54, 1.807) is 6.07 Å². The third-order valence-corrected chi connectivity index (χ3v) is 3.24. The second-order valence-electron chi connectivity index (χ2n) is 3.66. The van der Waals surface area contributed by atoms with Crippen molar-refractivity contribution in [1.29, 1.82) is 0 Å². The molecule has 0 fully saturated rings. The third-order valence-electron chi connectivity index (χ3n) is 2.34. The van der Waals surface area contributed by atoms with Crippen molar-refractivity contribution < 1.29 is 13.0 Å². The molecule has 0 aliphatic rings. The second-order valence-corrected chi connectivity index (χ2v) is 5.05. The van der Waals surface area contributed by atoms with Crippen LogP contribution in [0.3, 0.4) is 0 Å². The number of rotatable bonds is 4. The molecule has 2 rings (SSSR count). The molecule has 0 amide bonds. The maximum atomic E-state index is 11.2. The van der Waals surface area contributed by atoms with Crippen LogP contribution < -0.4 is 5.53 Å². The lowest BCUT2D eigenvalue weighted by atomic mass is 10.3. The van der Waals surface area contributed by atoms with E-state index in [4.69, 9.17) is 10.1 Å². The van der Waals surface area contributed by atoms with Crippen LogP contribution in [0.4, 0.5) is 17.1 Å². The van der Waals surface area contributed by atoms with Gasteiger partial charge in [-0.1, -0.05) is 18.2 Å². The fourth-order valence-corrected chi connectivity index (χ4v) is 2.07. The monoisotopic (exact) mass is 288 g/mol. The van der Waals surface area contributed by atoms with E-state index < -0.39 is 10.1 Å². The second kappa shape index (κ2) is 5.68. The number of benzene rings is 2. The van der Waals surface area contributed by atoms with Crippen LogP contribution in [0.2, 0.25) is 0 Å². The van der Waals surface area contributed by atoms with Crippen LogP contribution in [0.1, 0.15) is 0 Å². The van der Waals surface area contributed by atoms with Crippen molar-refractivity contribution >= 4 is 27.2 Å². The summed E-state index contributed by atoms with van der Waals surface area (Å²) in [6.07, 6.45) is 0. The zero-order valence-corrected chi connectivity index (χ0v) is 10.8. The predicted molar refractivity (Wildman–Crippen MR) is 69.9 cm³/mol. The van der Waals surface area contributed by atoms with Gasteiger partial charge in [-0.25, -0.2) is 0 Å². The Kier molecular flexibility index (Phi) is 3.97. The topological polar surface area (TPSA) is 114 Å². The summed E-state index contributed by atoms with van der Waals surface area (Å²) in [5.74, 6) is 0. The molecule has 0 aliphatic heterocycles. The van der Waals surface area contributed by atoms with Crippen molar-refractivity contribution in [1.82, 2.24) is 5.53 Å². The number of azo groups is 1. The highest BCUT2D eigenvalue weighted by Gasteiger charge is 2.14. The van der Waals surface area contributed by atoms with E-state index in [9.17, 15) is 8.42 Å². The van der Waals surface area contributed by atoms with Crippen LogP contribution in [-0.2, 0) is 10.1 Å². The lowest BCUT2D eigenvalue weighted by molar-refractivity contribution is 0.483. The number of nitrogens with zero attached hydrogens (tertiary/aromatic N) is 4. The van der Waals surface area contributed by atoms with E-state index in [2.05, 4.69) is 21.4 Å². The molecule has 2 aromatic carbocycles. The fourth-order valence-electron chi connectivity index (χ4n) is 1.44. The van der Waals surface area contributed by atoms with Gasteiger partial charge in [0.25, 0.3) is 10.1 Å². The number of hydrogen-bond acceptors (Lipinski definition) is 5. The Labute approximate surface area is 115 Å². The van der Waals surface area contributed by atoms with Gasteiger partial charge in [0, 0.05) is 0 Å². The SMILES string of the molecule is [N]=Nc1cc[c]cc1/N=N/c1ccccc1S(=O)(=O)O. The summed E-state index contributed by atoms with van der Waals surface area (Å²) in [5.41, 5.74) is 9.12. The van der Waals surface area contributed by atoms with Crippen molar-refractivity contribution in [3.8, 4) is 0 Å². The van der Waals surface area contributed by atoms with Crippen LogP contribution in [-0.4, -0.2) is 13.0 Å². The van der Waals surface area contributed by atoms with Gasteiger partial charge in [0.2, 0.25) is 0 Å². The maximum Gasteiger partial charge on any atom is 0.296 e. The van der Waals surface area contributed by atoms with Gasteiger partial charge < -0.3 is 0 Å². The minimum atomic E-state index is -4.39. The average Bonchev–Trinajstić information content (AvgIpc) is 2.44. The molecule has 0 atom stereocenters. The Morgan fingerprint density at radius 2 is 1.75 bits per heavy atom. The number of hydrogen-bond donors (Lipinski definition) is 1. The first-order chi connectivity index (χ1) is 9.52. The summed E-state index contributed by atoms with van der Waals surface area (Å²) >= 11 is 0. The largest absolute Gasteiger partial charge is 0.296 e. The van der Waals surface area contributed by atoms with Crippen LogP contribution in [0.15, 0.2) is 62.7 Å². The highest BCUT2D eigenvalue weighted by atomic mass is 32.2. The molecule has 2 radical (unpaired) electrons. The molecule has 0 saturated carbocycles. The highest BCUT2D eigenvalue weighted by molar-refractivity contribution is 7.86. The average molecular weight is 288 g/mol. The molecule has 0 aliphatic carbocycles. The molecule has 7 nitrogen and oxygen atoms in total. The van der Waals surface area contributed by atoms with Crippen LogP contribution in [0.25, 0.3) is 0 Å². The van der Waals surface area contributed by atoms with Crippen molar-refractivity contribution in [2.24, 2.45) is 15.3 Å². The van der Waals surface area contributed by atoms with Crippen molar-refractivity contribution in [2.45, 2.75) is 4.90 Å². The van der Waals surface area contributed by atoms with Gasteiger partial charge >= 0.3 is 0 Å². The zero-order chi connectivity index (χ0) is 14.6. The van der Waals surface area contributed by atoms with Gasteiger partial charge in [-0.05, 0) is 35.9 Å².